The van der Waals surface area contributed by atoms with Gasteiger partial charge < -0.3 is 9.80 Å². The molecule has 0 N–H and O–H groups in total. The smallest absolute Gasteiger partial charge is 0.370 e. The Kier molecular flexibility index (Phi) is 6.08. The van der Waals surface area contributed by atoms with Crippen LogP contribution in [0.1, 0.15) is 31.4 Å². The van der Waals surface area contributed by atoms with Crippen molar-refractivity contribution >= 4 is 5.69 Å². The van der Waals surface area contributed by atoms with Crippen molar-refractivity contribution in [3.8, 4) is 0 Å². The van der Waals surface area contributed by atoms with Crippen molar-refractivity contribution in [2.75, 3.05) is 32.1 Å². The van der Waals surface area contributed by atoms with Crippen molar-refractivity contribution in [3.05, 3.63) is 29.3 Å². The van der Waals surface area contributed by atoms with E-state index in [1.807, 2.05) is 32.8 Å². The summed E-state index contributed by atoms with van der Waals surface area (Å²) in [4.78, 5) is 4.15. The molecule has 1 aliphatic heterocycles. The second-order valence-electron chi connectivity index (χ2n) is 5.35. The molecule has 2 rings (SSSR count). The van der Waals surface area contributed by atoms with Gasteiger partial charge in [0.15, 0.2) is 0 Å². The van der Waals surface area contributed by atoms with Gasteiger partial charge in [-0.25, -0.2) is 0 Å². The normalized spacial score (nSPS) is 18.7. The van der Waals surface area contributed by atoms with Gasteiger partial charge in [-0.1, -0.05) is 19.9 Å². The van der Waals surface area contributed by atoms with Crippen LogP contribution in [0.15, 0.2) is 18.2 Å². The highest BCUT2D eigenvalue weighted by atomic mass is 19.4. The number of alkyl halides is 3. The molecule has 1 aromatic rings. The molecule has 0 aliphatic carbocycles. The van der Waals surface area contributed by atoms with E-state index < -0.39 is 11.7 Å². The average molecular weight is 302 g/mol. The summed E-state index contributed by atoms with van der Waals surface area (Å²) in [5, 5.41) is 0. The maximum absolute atomic E-state index is 12.9. The SMILES string of the molecule is CC.Cc1ccc(N2CCC(N(C)C)C2)cc1C(F)(F)F. The highest BCUT2D eigenvalue weighted by Crippen LogP contribution is 2.35. The maximum Gasteiger partial charge on any atom is 0.416 e. The first-order valence-corrected chi connectivity index (χ1v) is 7.38. The highest BCUT2D eigenvalue weighted by Gasteiger charge is 2.33. The van der Waals surface area contributed by atoms with E-state index in [0.29, 0.717) is 11.7 Å². The molecule has 21 heavy (non-hydrogen) atoms. The van der Waals surface area contributed by atoms with Gasteiger partial charge in [0.2, 0.25) is 0 Å². The van der Waals surface area contributed by atoms with Gasteiger partial charge in [-0.3, -0.25) is 0 Å². The summed E-state index contributed by atoms with van der Waals surface area (Å²) in [6, 6.07) is 5.02. The molecule has 2 nitrogen and oxygen atoms in total. The molecule has 120 valence electrons. The molecule has 0 spiro atoms. The first-order valence-electron chi connectivity index (χ1n) is 7.38. The van der Waals surface area contributed by atoms with Crippen molar-refractivity contribution in [1.82, 2.24) is 4.90 Å². The predicted octanol–water partition coefficient (Wildman–Crippen LogP) is 4.18. The number of rotatable bonds is 2. The Hall–Kier alpha value is -1.23. The Morgan fingerprint density at radius 3 is 2.29 bits per heavy atom. The van der Waals surface area contributed by atoms with Gasteiger partial charge in [0.25, 0.3) is 0 Å². The van der Waals surface area contributed by atoms with E-state index in [1.54, 1.807) is 12.1 Å². The van der Waals surface area contributed by atoms with Crippen LogP contribution in [0.2, 0.25) is 0 Å². The van der Waals surface area contributed by atoms with E-state index in [1.165, 1.54) is 13.0 Å². The zero-order valence-electron chi connectivity index (χ0n) is 13.5. The molecule has 1 fully saturated rings. The third kappa shape index (κ3) is 4.37. The minimum atomic E-state index is -4.28. The van der Waals surface area contributed by atoms with Gasteiger partial charge in [0.05, 0.1) is 5.56 Å². The molecule has 1 heterocycles. The van der Waals surface area contributed by atoms with Gasteiger partial charge in [-0.05, 0) is 45.1 Å². The molecule has 1 saturated heterocycles. The van der Waals surface area contributed by atoms with Crippen LogP contribution >= 0.6 is 0 Å². The number of anilines is 1. The summed E-state index contributed by atoms with van der Waals surface area (Å²) in [5.74, 6) is 0. The summed E-state index contributed by atoms with van der Waals surface area (Å²) < 4.78 is 38.7. The standard InChI is InChI=1S/C14H19F3N2.C2H6/c1-10-4-5-11(8-13(10)14(15,16)17)19-7-6-12(9-19)18(2)3;1-2/h4-5,8,12H,6-7,9H2,1-3H3;1-2H3. The van der Waals surface area contributed by atoms with E-state index >= 15 is 0 Å². The first-order chi connectivity index (χ1) is 9.79. The predicted molar refractivity (Wildman–Crippen MR) is 81.8 cm³/mol. The van der Waals surface area contributed by atoms with Crippen molar-refractivity contribution in [2.45, 2.75) is 39.4 Å². The number of halogens is 3. The molecule has 0 radical (unpaired) electrons. The molecule has 0 aromatic heterocycles. The molecule has 1 unspecified atom stereocenters. The molecule has 1 atom stereocenters. The van der Waals surface area contributed by atoms with Crippen molar-refractivity contribution < 1.29 is 13.2 Å². The number of hydrogen-bond acceptors (Lipinski definition) is 2. The van der Waals surface area contributed by atoms with Gasteiger partial charge in [0, 0.05) is 24.8 Å². The minimum absolute atomic E-state index is 0.277. The van der Waals surface area contributed by atoms with Gasteiger partial charge >= 0.3 is 6.18 Å². The van der Waals surface area contributed by atoms with Crippen LogP contribution < -0.4 is 4.90 Å². The zero-order valence-corrected chi connectivity index (χ0v) is 13.5. The maximum atomic E-state index is 12.9. The monoisotopic (exact) mass is 302 g/mol. The molecular weight excluding hydrogens is 277 g/mol. The van der Waals surface area contributed by atoms with E-state index in [2.05, 4.69) is 4.90 Å². The van der Waals surface area contributed by atoms with E-state index in [-0.39, 0.29) is 5.56 Å². The summed E-state index contributed by atoms with van der Waals surface area (Å²) in [6.07, 6.45) is -3.29. The fourth-order valence-electron chi connectivity index (χ4n) is 2.51. The largest absolute Gasteiger partial charge is 0.416 e. The van der Waals surface area contributed by atoms with Gasteiger partial charge in [-0.15, -0.1) is 0 Å². The van der Waals surface area contributed by atoms with Crippen LogP contribution in [-0.2, 0) is 6.18 Å². The Morgan fingerprint density at radius 2 is 1.81 bits per heavy atom. The fourth-order valence-corrected chi connectivity index (χ4v) is 2.51. The van der Waals surface area contributed by atoms with Crippen molar-refractivity contribution in [2.24, 2.45) is 0 Å². The van der Waals surface area contributed by atoms with Gasteiger partial charge in [-0.2, -0.15) is 13.2 Å². The molecule has 0 saturated carbocycles. The number of hydrogen-bond donors (Lipinski definition) is 0. The van der Waals surface area contributed by atoms with Crippen LogP contribution in [0.5, 0.6) is 0 Å². The van der Waals surface area contributed by atoms with Crippen LogP contribution in [0.4, 0.5) is 18.9 Å². The Morgan fingerprint density at radius 1 is 1.19 bits per heavy atom. The van der Waals surface area contributed by atoms with E-state index in [0.717, 1.165) is 19.5 Å². The molecule has 0 bridgehead atoms. The second-order valence-corrected chi connectivity index (χ2v) is 5.35. The summed E-state index contributed by atoms with van der Waals surface area (Å²) in [6.45, 7) is 7.09. The third-order valence-corrected chi connectivity index (χ3v) is 3.79. The summed E-state index contributed by atoms with van der Waals surface area (Å²) in [5.41, 5.74) is 0.417. The molecule has 1 aliphatic rings. The number of aryl methyl sites for hydroxylation is 1. The Labute approximate surface area is 125 Å². The van der Waals surface area contributed by atoms with Crippen LogP contribution in [0, 0.1) is 6.92 Å². The highest BCUT2D eigenvalue weighted by molar-refractivity contribution is 5.52. The molecule has 0 amide bonds. The third-order valence-electron chi connectivity index (χ3n) is 3.79. The van der Waals surface area contributed by atoms with Crippen molar-refractivity contribution in [3.63, 3.8) is 0 Å². The topological polar surface area (TPSA) is 6.48 Å². The first kappa shape index (κ1) is 17.8. The lowest BCUT2D eigenvalue weighted by atomic mass is 10.1. The van der Waals surface area contributed by atoms with Crippen LogP contribution in [0.25, 0.3) is 0 Å². The zero-order chi connectivity index (χ0) is 16.2. The van der Waals surface area contributed by atoms with E-state index in [4.69, 9.17) is 0 Å². The molecule has 1 aromatic carbocycles. The summed E-state index contributed by atoms with van der Waals surface area (Å²) in [7, 11) is 4.01. The Balaban J connectivity index is 0.00000106. The number of benzene rings is 1. The van der Waals surface area contributed by atoms with Gasteiger partial charge in [0.1, 0.15) is 0 Å². The van der Waals surface area contributed by atoms with Crippen LogP contribution in [-0.4, -0.2) is 38.1 Å². The van der Waals surface area contributed by atoms with Crippen molar-refractivity contribution in [1.29, 1.82) is 0 Å². The quantitative estimate of drug-likeness (QED) is 0.808. The van der Waals surface area contributed by atoms with E-state index in [9.17, 15) is 13.2 Å². The lowest BCUT2D eigenvalue weighted by Crippen LogP contribution is -2.31. The number of nitrogens with zero attached hydrogens (tertiary/aromatic N) is 2. The minimum Gasteiger partial charge on any atom is -0.370 e. The molecular formula is C16H25F3N2. The average Bonchev–Trinajstić information content (AvgIpc) is 2.90. The number of likely N-dealkylation sites (N-methyl/N-ethyl adjacent to an activating group) is 1. The fraction of sp³-hybridized carbons (Fsp3) is 0.625. The second kappa shape index (κ2) is 7.16. The molecule has 5 heteroatoms. The lowest BCUT2D eigenvalue weighted by Gasteiger charge is -2.23. The summed E-state index contributed by atoms with van der Waals surface area (Å²) >= 11 is 0. The Bertz CT molecular complexity index is 455. The lowest BCUT2D eigenvalue weighted by molar-refractivity contribution is -0.138. The van der Waals surface area contributed by atoms with Crippen LogP contribution in [0.3, 0.4) is 0 Å².